The quantitative estimate of drug-likeness (QED) is 0.862. The monoisotopic (exact) mass is 326 g/mol. The van der Waals surface area contributed by atoms with Crippen LogP contribution in [0.3, 0.4) is 0 Å². The van der Waals surface area contributed by atoms with Crippen LogP contribution in [0.1, 0.15) is 25.3 Å². The summed E-state index contributed by atoms with van der Waals surface area (Å²) in [5, 5.41) is 3.17. The van der Waals surface area contributed by atoms with Gasteiger partial charge in [0, 0.05) is 19.2 Å². The Morgan fingerprint density at radius 3 is 2.95 bits per heavy atom. The number of hydrogen-bond donors (Lipinski definition) is 1. The Balaban J connectivity index is 0.00000242. The first-order valence-electron chi connectivity index (χ1n) is 7.48. The molecule has 1 aromatic rings. The maximum atomic E-state index is 13.2. The first kappa shape index (κ1) is 18.7. The lowest BCUT2D eigenvalue weighted by Crippen LogP contribution is -2.41. The number of hydrogen-bond acceptors (Lipinski definition) is 2. The molecule has 0 radical (unpaired) electrons. The van der Waals surface area contributed by atoms with Crippen molar-refractivity contribution in [3.8, 4) is 0 Å². The summed E-state index contributed by atoms with van der Waals surface area (Å²) in [5.74, 6) is 0.271. The summed E-state index contributed by atoms with van der Waals surface area (Å²) >= 11 is 0. The van der Waals surface area contributed by atoms with Gasteiger partial charge in [-0.15, -0.1) is 12.4 Å². The van der Waals surface area contributed by atoms with E-state index in [1.54, 1.807) is 12.1 Å². The highest BCUT2D eigenvalue weighted by atomic mass is 35.5. The van der Waals surface area contributed by atoms with Crippen molar-refractivity contribution in [1.82, 2.24) is 10.2 Å². The van der Waals surface area contributed by atoms with Gasteiger partial charge in [0.05, 0.1) is 0 Å². The van der Waals surface area contributed by atoms with Gasteiger partial charge >= 0.3 is 0 Å². The fourth-order valence-corrected chi connectivity index (χ4v) is 2.81. The number of benzene rings is 1. The molecule has 1 fully saturated rings. The molecule has 0 spiro atoms. The third-order valence-electron chi connectivity index (χ3n) is 3.94. The Bertz CT molecular complexity index is 531. The Morgan fingerprint density at radius 2 is 2.27 bits per heavy atom. The van der Waals surface area contributed by atoms with E-state index < -0.39 is 0 Å². The number of amides is 1. The van der Waals surface area contributed by atoms with Crippen LogP contribution in [0.5, 0.6) is 0 Å². The average Bonchev–Trinajstić information content (AvgIpc) is 2.48. The van der Waals surface area contributed by atoms with Gasteiger partial charge in [-0.2, -0.15) is 0 Å². The zero-order chi connectivity index (χ0) is 15.2. The standard InChI is InChI=1S/C17H23FN2O.ClH/c1-13(15-6-3-7-16(18)10-15)9-17(21)20-8-4-5-14(12-20)11-19-2;/h3,6-7,9-10,14,19H,4-5,8,11-12H2,1-2H3;1H/b13-9+;. The summed E-state index contributed by atoms with van der Waals surface area (Å²) in [6.45, 7) is 4.40. The molecule has 1 aliphatic rings. The molecule has 3 nitrogen and oxygen atoms in total. The molecule has 22 heavy (non-hydrogen) atoms. The van der Waals surface area contributed by atoms with Gasteiger partial charge in [0.2, 0.25) is 5.91 Å². The minimum Gasteiger partial charge on any atom is -0.339 e. The highest BCUT2D eigenvalue weighted by Gasteiger charge is 2.22. The summed E-state index contributed by atoms with van der Waals surface area (Å²) in [7, 11) is 1.94. The van der Waals surface area contributed by atoms with E-state index in [4.69, 9.17) is 0 Å². The third-order valence-corrected chi connectivity index (χ3v) is 3.94. The largest absolute Gasteiger partial charge is 0.339 e. The van der Waals surface area contributed by atoms with Crippen LogP contribution in [0.4, 0.5) is 4.39 Å². The van der Waals surface area contributed by atoms with Crippen molar-refractivity contribution < 1.29 is 9.18 Å². The van der Waals surface area contributed by atoms with Crippen molar-refractivity contribution in [3.05, 3.63) is 41.7 Å². The van der Waals surface area contributed by atoms with Crippen molar-refractivity contribution >= 4 is 23.9 Å². The van der Waals surface area contributed by atoms with Crippen molar-refractivity contribution in [3.63, 3.8) is 0 Å². The number of halogens is 2. The molecule has 1 saturated heterocycles. The molecule has 1 amide bonds. The molecule has 0 aliphatic carbocycles. The number of nitrogens with zero attached hydrogens (tertiary/aromatic N) is 1. The summed E-state index contributed by atoms with van der Waals surface area (Å²) in [4.78, 5) is 14.2. The normalized spacial score (nSPS) is 18.8. The number of rotatable bonds is 4. The van der Waals surface area contributed by atoms with Crippen LogP contribution in [0.2, 0.25) is 0 Å². The first-order valence-corrected chi connectivity index (χ1v) is 7.48. The lowest BCUT2D eigenvalue weighted by molar-refractivity contribution is -0.127. The number of carbonyl (C=O) groups is 1. The number of likely N-dealkylation sites (tertiary alicyclic amines) is 1. The fraction of sp³-hybridized carbons (Fsp3) is 0.471. The summed E-state index contributed by atoms with van der Waals surface area (Å²) in [6.07, 6.45) is 3.83. The van der Waals surface area contributed by atoms with Crippen molar-refractivity contribution in [1.29, 1.82) is 0 Å². The Kier molecular flexibility index (Phi) is 7.56. The van der Waals surface area contributed by atoms with E-state index in [9.17, 15) is 9.18 Å². The smallest absolute Gasteiger partial charge is 0.246 e. The van der Waals surface area contributed by atoms with Crippen LogP contribution in [0.15, 0.2) is 30.3 Å². The molecule has 0 saturated carbocycles. The van der Waals surface area contributed by atoms with Gasteiger partial charge in [0.1, 0.15) is 5.82 Å². The van der Waals surface area contributed by atoms with Crippen molar-refractivity contribution in [2.45, 2.75) is 19.8 Å². The van der Waals surface area contributed by atoms with E-state index in [0.717, 1.165) is 43.6 Å². The van der Waals surface area contributed by atoms with Gasteiger partial charge < -0.3 is 10.2 Å². The molecule has 1 heterocycles. The molecule has 1 aromatic carbocycles. The number of nitrogens with one attached hydrogen (secondary N) is 1. The second kappa shape index (κ2) is 8.91. The second-order valence-electron chi connectivity index (χ2n) is 5.69. The highest BCUT2D eigenvalue weighted by Crippen LogP contribution is 2.19. The summed E-state index contributed by atoms with van der Waals surface area (Å²) in [6, 6.07) is 6.35. The molecule has 122 valence electrons. The number of piperidine rings is 1. The van der Waals surface area contributed by atoms with Crippen molar-refractivity contribution in [2.75, 3.05) is 26.7 Å². The van der Waals surface area contributed by atoms with Gasteiger partial charge in [-0.3, -0.25) is 4.79 Å². The first-order chi connectivity index (χ1) is 10.1. The van der Waals surface area contributed by atoms with Crippen LogP contribution in [0.25, 0.3) is 5.57 Å². The Morgan fingerprint density at radius 1 is 1.50 bits per heavy atom. The maximum absolute atomic E-state index is 13.2. The van der Waals surface area contributed by atoms with Gasteiger partial charge in [-0.1, -0.05) is 12.1 Å². The fourth-order valence-electron chi connectivity index (χ4n) is 2.81. The lowest BCUT2D eigenvalue weighted by Gasteiger charge is -2.32. The minimum atomic E-state index is -0.278. The molecule has 5 heteroatoms. The molecule has 2 rings (SSSR count). The van der Waals surface area contributed by atoms with Crippen LogP contribution >= 0.6 is 12.4 Å². The van der Waals surface area contributed by atoms with Crippen LogP contribution in [0, 0.1) is 11.7 Å². The maximum Gasteiger partial charge on any atom is 0.246 e. The molecule has 0 bridgehead atoms. The van der Waals surface area contributed by atoms with E-state index >= 15 is 0 Å². The van der Waals surface area contributed by atoms with E-state index in [-0.39, 0.29) is 24.1 Å². The van der Waals surface area contributed by atoms with Crippen LogP contribution < -0.4 is 5.32 Å². The van der Waals surface area contributed by atoms with Crippen LogP contribution in [-0.2, 0) is 4.79 Å². The third kappa shape index (κ3) is 5.11. The van der Waals surface area contributed by atoms with Crippen molar-refractivity contribution in [2.24, 2.45) is 5.92 Å². The van der Waals surface area contributed by atoms with Crippen LogP contribution in [-0.4, -0.2) is 37.5 Å². The second-order valence-corrected chi connectivity index (χ2v) is 5.69. The minimum absolute atomic E-state index is 0. The highest BCUT2D eigenvalue weighted by molar-refractivity contribution is 5.94. The zero-order valence-corrected chi connectivity index (χ0v) is 14.0. The van der Waals surface area contributed by atoms with E-state index in [2.05, 4.69) is 5.32 Å². The predicted molar refractivity (Wildman–Crippen MR) is 90.5 cm³/mol. The molecule has 1 N–H and O–H groups in total. The van der Waals surface area contributed by atoms with E-state index in [1.165, 1.54) is 12.1 Å². The summed E-state index contributed by atoms with van der Waals surface area (Å²) in [5.41, 5.74) is 1.56. The number of carbonyl (C=O) groups excluding carboxylic acids is 1. The molecule has 1 aliphatic heterocycles. The Labute approximate surface area is 138 Å². The molecule has 1 atom stereocenters. The van der Waals surface area contributed by atoms with E-state index in [0.29, 0.717) is 5.92 Å². The van der Waals surface area contributed by atoms with E-state index in [1.807, 2.05) is 24.9 Å². The number of allylic oxidation sites excluding steroid dienone is 1. The predicted octanol–water partition coefficient (Wildman–Crippen LogP) is 3.11. The molecule has 0 aromatic heterocycles. The zero-order valence-electron chi connectivity index (χ0n) is 13.1. The van der Waals surface area contributed by atoms with Gasteiger partial charge in [-0.05, 0) is 62.5 Å². The lowest BCUT2D eigenvalue weighted by atomic mass is 9.97. The Hall–Kier alpha value is -1.39. The molecule has 1 unspecified atom stereocenters. The average molecular weight is 327 g/mol. The molecular formula is C17H24ClFN2O. The van der Waals surface area contributed by atoms with Gasteiger partial charge in [0.25, 0.3) is 0 Å². The molecular weight excluding hydrogens is 303 g/mol. The topological polar surface area (TPSA) is 32.3 Å². The van der Waals surface area contributed by atoms with Gasteiger partial charge in [0.15, 0.2) is 0 Å². The van der Waals surface area contributed by atoms with Gasteiger partial charge in [-0.25, -0.2) is 4.39 Å². The SMILES string of the molecule is CNCC1CCCN(C(=O)/C=C(\C)c2cccc(F)c2)C1.Cl. The summed E-state index contributed by atoms with van der Waals surface area (Å²) < 4.78 is 13.2.